The minimum absolute atomic E-state index is 0.0104. The third-order valence-electron chi connectivity index (χ3n) is 3.71. The van der Waals surface area contributed by atoms with Crippen molar-refractivity contribution in [1.82, 2.24) is 14.7 Å². The molecule has 0 radical (unpaired) electrons. The number of nitrogens with zero attached hydrogens (tertiary/aromatic N) is 2. The summed E-state index contributed by atoms with van der Waals surface area (Å²) < 4.78 is 15.4. The first-order valence-corrected chi connectivity index (χ1v) is 7.60. The summed E-state index contributed by atoms with van der Waals surface area (Å²) >= 11 is 0. The Labute approximate surface area is 138 Å². The second-order valence-corrected chi connectivity index (χ2v) is 5.35. The fraction of sp³-hybridized carbons (Fsp3) is 0.167. The number of benzene rings is 1. The third-order valence-corrected chi connectivity index (χ3v) is 3.71. The van der Waals surface area contributed by atoms with Gasteiger partial charge in [-0.15, -0.1) is 0 Å². The lowest BCUT2D eigenvalue weighted by molar-refractivity contribution is -0.121. The molecule has 0 aliphatic rings. The maximum absolute atomic E-state index is 13.5. The summed E-state index contributed by atoms with van der Waals surface area (Å²) in [6.07, 6.45) is 3.57. The van der Waals surface area contributed by atoms with Gasteiger partial charge in [0, 0.05) is 19.0 Å². The molecule has 0 aliphatic carbocycles. The summed E-state index contributed by atoms with van der Waals surface area (Å²) in [4.78, 5) is 28.1. The second kappa shape index (κ2) is 7.04. The van der Waals surface area contributed by atoms with Gasteiger partial charge in [0.25, 0.3) is 0 Å². The van der Waals surface area contributed by atoms with E-state index in [1.54, 1.807) is 12.3 Å². The number of halogens is 1. The molecule has 1 amide bonds. The zero-order valence-electron chi connectivity index (χ0n) is 12.9. The maximum Gasteiger partial charge on any atom is 0.220 e. The number of rotatable bonds is 6. The highest BCUT2D eigenvalue weighted by Crippen LogP contribution is 2.10. The van der Waals surface area contributed by atoms with Crippen molar-refractivity contribution in [1.29, 1.82) is 0 Å². The average molecular weight is 325 g/mol. The van der Waals surface area contributed by atoms with Gasteiger partial charge in [0.05, 0.1) is 23.8 Å². The summed E-state index contributed by atoms with van der Waals surface area (Å²) in [5.74, 6) is -0.506. The van der Waals surface area contributed by atoms with Crippen molar-refractivity contribution >= 4 is 17.2 Å². The summed E-state index contributed by atoms with van der Waals surface area (Å²) in [6, 6.07) is 11.5. The van der Waals surface area contributed by atoms with Crippen LogP contribution in [0.3, 0.4) is 0 Å². The van der Waals surface area contributed by atoms with Gasteiger partial charge in [-0.2, -0.15) is 0 Å². The zero-order valence-corrected chi connectivity index (χ0v) is 12.9. The van der Waals surface area contributed by atoms with Gasteiger partial charge in [-0.25, -0.2) is 9.37 Å². The first-order chi connectivity index (χ1) is 11.6. The second-order valence-electron chi connectivity index (χ2n) is 5.35. The van der Waals surface area contributed by atoms with E-state index in [4.69, 9.17) is 0 Å². The molecule has 122 valence electrons. The highest BCUT2D eigenvalue weighted by molar-refractivity contribution is 5.98. The molecule has 3 aromatic rings. The Morgan fingerprint density at radius 3 is 2.71 bits per heavy atom. The maximum atomic E-state index is 13.5. The molecular weight excluding hydrogens is 309 g/mol. The van der Waals surface area contributed by atoms with Crippen LogP contribution in [-0.2, 0) is 11.3 Å². The summed E-state index contributed by atoms with van der Waals surface area (Å²) in [6.45, 7) is 0.269. The molecule has 3 rings (SSSR count). The van der Waals surface area contributed by atoms with Crippen molar-refractivity contribution in [2.24, 2.45) is 0 Å². The molecule has 0 unspecified atom stereocenters. The Kier molecular flexibility index (Phi) is 4.65. The lowest BCUT2D eigenvalue weighted by Crippen LogP contribution is -2.24. The van der Waals surface area contributed by atoms with E-state index in [0.29, 0.717) is 5.82 Å². The molecule has 24 heavy (non-hydrogen) atoms. The molecule has 2 heterocycles. The van der Waals surface area contributed by atoms with Crippen molar-refractivity contribution < 1.29 is 14.0 Å². The molecule has 1 aromatic carbocycles. The number of fused-ring (bicyclic) bond motifs is 1. The standard InChI is InChI=1S/C18H16FN3O2/c19-15-7-2-1-6-14(15)16(23)8-9-18(24)21-12-17-20-11-13-5-3-4-10-22(13)17/h1-7,10-11H,8-9,12H2,(H,21,24). The van der Waals surface area contributed by atoms with Crippen LogP contribution in [0.25, 0.3) is 5.52 Å². The van der Waals surface area contributed by atoms with Crippen LogP contribution in [0.1, 0.15) is 29.0 Å². The SMILES string of the molecule is O=C(CCC(=O)c1ccccc1F)NCc1ncc2ccccn12. The monoisotopic (exact) mass is 325 g/mol. The topological polar surface area (TPSA) is 63.5 Å². The summed E-state index contributed by atoms with van der Waals surface area (Å²) in [7, 11) is 0. The number of hydrogen-bond donors (Lipinski definition) is 1. The highest BCUT2D eigenvalue weighted by atomic mass is 19.1. The Balaban J connectivity index is 1.53. The minimum Gasteiger partial charge on any atom is -0.349 e. The molecular formula is C18H16FN3O2. The molecule has 0 saturated heterocycles. The smallest absolute Gasteiger partial charge is 0.220 e. The summed E-state index contributed by atoms with van der Waals surface area (Å²) in [5.41, 5.74) is 0.959. The first kappa shape index (κ1) is 15.9. The van der Waals surface area contributed by atoms with Crippen LogP contribution in [0.2, 0.25) is 0 Å². The number of carbonyl (C=O) groups excluding carboxylic acids is 2. The van der Waals surface area contributed by atoms with Crippen LogP contribution >= 0.6 is 0 Å². The number of pyridine rings is 1. The van der Waals surface area contributed by atoms with Crippen molar-refractivity contribution in [3.05, 3.63) is 72.1 Å². The Bertz CT molecular complexity index is 889. The number of hydrogen-bond acceptors (Lipinski definition) is 3. The number of ketones is 1. The molecule has 0 spiro atoms. The molecule has 1 N–H and O–H groups in total. The van der Waals surface area contributed by atoms with Gasteiger partial charge in [-0.3, -0.25) is 9.59 Å². The summed E-state index contributed by atoms with van der Waals surface area (Å²) in [5, 5.41) is 2.73. The normalized spacial score (nSPS) is 10.7. The highest BCUT2D eigenvalue weighted by Gasteiger charge is 2.13. The number of amides is 1. The van der Waals surface area contributed by atoms with Crippen LogP contribution < -0.4 is 5.32 Å². The number of Topliss-reactive ketones (excluding diaryl/α,β-unsaturated/α-hetero) is 1. The molecule has 6 heteroatoms. The van der Waals surface area contributed by atoms with Gasteiger partial charge in [0.1, 0.15) is 11.6 Å². The molecule has 5 nitrogen and oxygen atoms in total. The minimum atomic E-state index is -0.563. The van der Waals surface area contributed by atoms with E-state index < -0.39 is 5.82 Å². The Hall–Kier alpha value is -3.02. The lowest BCUT2D eigenvalue weighted by atomic mass is 10.1. The zero-order chi connectivity index (χ0) is 16.9. The molecule has 2 aromatic heterocycles. The number of nitrogens with one attached hydrogen (secondary N) is 1. The molecule has 0 saturated carbocycles. The van der Waals surface area contributed by atoms with Crippen molar-refractivity contribution in [3.63, 3.8) is 0 Å². The van der Waals surface area contributed by atoms with E-state index >= 15 is 0 Å². The van der Waals surface area contributed by atoms with Crippen LogP contribution in [-0.4, -0.2) is 21.1 Å². The van der Waals surface area contributed by atoms with Gasteiger partial charge in [-0.1, -0.05) is 18.2 Å². The Morgan fingerprint density at radius 1 is 1.08 bits per heavy atom. The van der Waals surface area contributed by atoms with Crippen molar-refractivity contribution in [2.45, 2.75) is 19.4 Å². The van der Waals surface area contributed by atoms with Crippen LogP contribution in [0.15, 0.2) is 54.9 Å². The number of imidazole rings is 1. The molecule has 0 fully saturated rings. The van der Waals surface area contributed by atoms with E-state index in [1.807, 2.05) is 28.8 Å². The Morgan fingerprint density at radius 2 is 1.88 bits per heavy atom. The van der Waals surface area contributed by atoms with Crippen LogP contribution in [0.5, 0.6) is 0 Å². The third kappa shape index (κ3) is 3.48. The van der Waals surface area contributed by atoms with Gasteiger partial charge in [-0.05, 0) is 24.3 Å². The van der Waals surface area contributed by atoms with Gasteiger partial charge < -0.3 is 9.72 Å². The van der Waals surface area contributed by atoms with Crippen molar-refractivity contribution in [3.8, 4) is 0 Å². The first-order valence-electron chi connectivity index (χ1n) is 7.60. The van der Waals surface area contributed by atoms with Crippen LogP contribution in [0, 0.1) is 5.82 Å². The van der Waals surface area contributed by atoms with Crippen molar-refractivity contribution in [2.75, 3.05) is 0 Å². The fourth-order valence-electron chi connectivity index (χ4n) is 2.45. The van der Waals surface area contributed by atoms with Gasteiger partial charge in [0.2, 0.25) is 5.91 Å². The van der Waals surface area contributed by atoms with Gasteiger partial charge >= 0.3 is 0 Å². The number of aromatic nitrogens is 2. The predicted octanol–water partition coefficient (Wildman–Crippen LogP) is 2.75. The largest absolute Gasteiger partial charge is 0.349 e. The quantitative estimate of drug-likeness (QED) is 0.709. The van der Waals surface area contributed by atoms with E-state index in [9.17, 15) is 14.0 Å². The van der Waals surface area contributed by atoms with Crippen LogP contribution in [0.4, 0.5) is 4.39 Å². The fourth-order valence-corrected chi connectivity index (χ4v) is 2.45. The van der Waals surface area contributed by atoms with E-state index in [2.05, 4.69) is 10.3 Å². The average Bonchev–Trinajstić information content (AvgIpc) is 3.01. The lowest BCUT2D eigenvalue weighted by Gasteiger charge is -2.05. The molecule has 0 bridgehead atoms. The van der Waals surface area contributed by atoms with E-state index in [1.165, 1.54) is 18.2 Å². The number of carbonyl (C=O) groups is 2. The molecule has 0 atom stereocenters. The van der Waals surface area contributed by atoms with Gasteiger partial charge in [0.15, 0.2) is 5.78 Å². The predicted molar refractivity (Wildman–Crippen MR) is 87.0 cm³/mol. The molecule has 0 aliphatic heterocycles. The van der Waals surface area contributed by atoms with E-state index in [-0.39, 0.29) is 36.6 Å². The van der Waals surface area contributed by atoms with E-state index in [0.717, 1.165) is 5.52 Å².